The predicted octanol–water partition coefficient (Wildman–Crippen LogP) is 0.0340. The molecule has 5 N–H and O–H groups in total. The van der Waals surface area contributed by atoms with Crippen molar-refractivity contribution in [3.63, 3.8) is 0 Å². The summed E-state index contributed by atoms with van der Waals surface area (Å²) in [6, 6.07) is 12.1. The minimum absolute atomic E-state index is 0.0115. The van der Waals surface area contributed by atoms with Gasteiger partial charge < -0.3 is 21.7 Å². The summed E-state index contributed by atoms with van der Waals surface area (Å²) in [5.74, 6) is -0.806. The maximum absolute atomic E-state index is 12.4. The lowest BCUT2D eigenvalue weighted by molar-refractivity contribution is -0.129. The second-order valence-corrected chi connectivity index (χ2v) is 5.73. The molecular weight excluding hydrogens is 320 g/mol. The van der Waals surface area contributed by atoms with E-state index in [4.69, 9.17) is 5.73 Å². The molecule has 7 nitrogen and oxygen atoms in total. The fraction of sp³-hybridized carbons (Fsp3) is 0.278. The molecule has 7 heteroatoms. The number of nitrogens with one attached hydrogen (secondary N) is 3. The van der Waals surface area contributed by atoms with Crippen molar-refractivity contribution in [3.05, 3.63) is 48.0 Å². The SMILES string of the molecule is CC(N)C(=O)NC(Cc1cccc2ccccc12)C(=O)NCNC=O. The van der Waals surface area contributed by atoms with Crippen LogP contribution in [0.1, 0.15) is 12.5 Å². The van der Waals surface area contributed by atoms with Gasteiger partial charge in [-0.05, 0) is 23.3 Å². The Morgan fingerprint density at radius 3 is 2.56 bits per heavy atom. The van der Waals surface area contributed by atoms with Gasteiger partial charge in [-0.2, -0.15) is 0 Å². The molecule has 0 bridgehead atoms. The molecule has 132 valence electrons. The molecular formula is C18H22N4O3. The van der Waals surface area contributed by atoms with Gasteiger partial charge in [0.2, 0.25) is 18.2 Å². The molecule has 3 amide bonds. The van der Waals surface area contributed by atoms with E-state index < -0.39 is 23.9 Å². The fourth-order valence-electron chi connectivity index (χ4n) is 2.51. The highest BCUT2D eigenvalue weighted by atomic mass is 16.2. The number of rotatable bonds is 8. The number of carbonyl (C=O) groups excluding carboxylic acids is 3. The van der Waals surface area contributed by atoms with Crippen LogP contribution in [-0.4, -0.2) is 37.0 Å². The van der Waals surface area contributed by atoms with Gasteiger partial charge in [-0.25, -0.2) is 0 Å². The molecule has 0 aliphatic rings. The summed E-state index contributed by atoms with van der Waals surface area (Å²) in [4.78, 5) is 34.7. The molecule has 2 rings (SSSR count). The van der Waals surface area contributed by atoms with Crippen LogP contribution in [0.4, 0.5) is 0 Å². The fourth-order valence-corrected chi connectivity index (χ4v) is 2.51. The monoisotopic (exact) mass is 342 g/mol. The maximum Gasteiger partial charge on any atom is 0.244 e. The molecule has 0 fully saturated rings. The van der Waals surface area contributed by atoms with Gasteiger partial charge in [0.1, 0.15) is 6.04 Å². The van der Waals surface area contributed by atoms with E-state index in [1.165, 1.54) is 0 Å². The van der Waals surface area contributed by atoms with E-state index in [-0.39, 0.29) is 6.67 Å². The topological polar surface area (TPSA) is 113 Å². The first-order valence-electron chi connectivity index (χ1n) is 8.00. The lowest BCUT2D eigenvalue weighted by atomic mass is 9.98. The average molecular weight is 342 g/mol. The molecule has 0 radical (unpaired) electrons. The number of carbonyl (C=O) groups is 3. The third-order valence-corrected chi connectivity index (χ3v) is 3.80. The van der Waals surface area contributed by atoms with Crippen molar-refractivity contribution in [2.75, 3.05) is 6.67 Å². The standard InChI is InChI=1S/C18H22N4O3/c1-12(19)17(24)22-16(18(25)21-10-20-11-23)9-14-7-4-6-13-5-2-3-8-15(13)14/h2-8,11-12,16H,9-10,19H2,1H3,(H,20,23)(H,21,25)(H,22,24). The van der Waals surface area contributed by atoms with E-state index in [0.717, 1.165) is 16.3 Å². The van der Waals surface area contributed by atoms with E-state index >= 15 is 0 Å². The van der Waals surface area contributed by atoms with Crippen LogP contribution in [0.2, 0.25) is 0 Å². The van der Waals surface area contributed by atoms with Crippen LogP contribution in [0.25, 0.3) is 10.8 Å². The molecule has 0 aromatic heterocycles. The summed E-state index contributed by atoms with van der Waals surface area (Å²) in [5.41, 5.74) is 6.52. The molecule has 0 saturated heterocycles. The normalized spacial score (nSPS) is 12.9. The number of benzene rings is 2. The third-order valence-electron chi connectivity index (χ3n) is 3.80. The molecule has 2 aromatic carbocycles. The lowest BCUT2D eigenvalue weighted by Crippen LogP contribution is -2.53. The first-order valence-corrected chi connectivity index (χ1v) is 8.00. The molecule has 0 spiro atoms. The van der Waals surface area contributed by atoms with Crippen LogP contribution in [0.5, 0.6) is 0 Å². The molecule has 0 aliphatic carbocycles. The van der Waals surface area contributed by atoms with Gasteiger partial charge in [0.15, 0.2) is 0 Å². The van der Waals surface area contributed by atoms with Crippen LogP contribution < -0.4 is 21.7 Å². The number of amides is 3. The van der Waals surface area contributed by atoms with Gasteiger partial charge >= 0.3 is 0 Å². The predicted molar refractivity (Wildman–Crippen MR) is 95.4 cm³/mol. The highest BCUT2D eigenvalue weighted by Gasteiger charge is 2.23. The van der Waals surface area contributed by atoms with Crippen LogP contribution in [0, 0.1) is 0 Å². The van der Waals surface area contributed by atoms with Crippen molar-refractivity contribution in [1.29, 1.82) is 0 Å². The number of hydrogen-bond acceptors (Lipinski definition) is 4. The average Bonchev–Trinajstić information content (AvgIpc) is 2.61. The van der Waals surface area contributed by atoms with Gasteiger partial charge in [-0.15, -0.1) is 0 Å². The molecule has 0 aliphatic heterocycles. The summed E-state index contributed by atoms with van der Waals surface area (Å²) in [7, 11) is 0. The Balaban J connectivity index is 2.23. The number of hydrogen-bond donors (Lipinski definition) is 4. The molecule has 2 atom stereocenters. The van der Waals surface area contributed by atoms with Gasteiger partial charge in [0.25, 0.3) is 0 Å². The minimum Gasteiger partial charge on any atom is -0.343 e. The largest absolute Gasteiger partial charge is 0.343 e. The first-order chi connectivity index (χ1) is 12.0. The Morgan fingerprint density at radius 1 is 1.12 bits per heavy atom. The van der Waals surface area contributed by atoms with Gasteiger partial charge in [0, 0.05) is 6.42 Å². The van der Waals surface area contributed by atoms with E-state index in [1.54, 1.807) is 6.92 Å². The Labute approximate surface area is 146 Å². The molecule has 25 heavy (non-hydrogen) atoms. The second-order valence-electron chi connectivity index (χ2n) is 5.73. The summed E-state index contributed by atoms with van der Waals surface area (Å²) in [6.45, 7) is 1.54. The molecule has 2 aromatic rings. The highest BCUT2D eigenvalue weighted by molar-refractivity contribution is 5.91. The maximum atomic E-state index is 12.4. The molecule has 2 unspecified atom stereocenters. The van der Waals surface area contributed by atoms with Gasteiger partial charge in [0.05, 0.1) is 12.7 Å². The summed E-state index contributed by atoms with van der Waals surface area (Å²) in [6.07, 6.45) is 0.799. The minimum atomic E-state index is -0.794. The molecule has 0 saturated carbocycles. The van der Waals surface area contributed by atoms with Gasteiger partial charge in [-0.3, -0.25) is 14.4 Å². The van der Waals surface area contributed by atoms with Crippen molar-refractivity contribution in [3.8, 4) is 0 Å². The zero-order valence-corrected chi connectivity index (χ0v) is 14.0. The van der Waals surface area contributed by atoms with E-state index in [2.05, 4.69) is 16.0 Å². The van der Waals surface area contributed by atoms with Crippen molar-refractivity contribution in [2.45, 2.75) is 25.4 Å². The Kier molecular flexibility index (Phi) is 6.47. The van der Waals surface area contributed by atoms with Crippen molar-refractivity contribution >= 4 is 29.0 Å². The zero-order valence-electron chi connectivity index (χ0n) is 14.0. The summed E-state index contributed by atoms with van der Waals surface area (Å²) >= 11 is 0. The van der Waals surface area contributed by atoms with Gasteiger partial charge in [-0.1, -0.05) is 42.5 Å². The van der Waals surface area contributed by atoms with Crippen molar-refractivity contribution in [1.82, 2.24) is 16.0 Å². The van der Waals surface area contributed by atoms with Crippen LogP contribution in [0.3, 0.4) is 0 Å². The van der Waals surface area contributed by atoms with Crippen molar-refractivity contribution in [2.24, 2.45) is 5.73 Å². The van der Waals surface area contributed by atoms with Crippen molar-refractivity contribution < 1.29 is 14.4 Å². The lowest BCUT2D eigenvalue weighted by Gasteiger charge is -2.20. The second kappa shape index (κ2) is 8.79. The Hall–Kier alpha value is -2.93. The first kappa shape index (κ1) is 18.4. The smallest absolute Gasteiger partial charge is 0.244 e. The Morgan fingerprint density at radius 2 is 1.84 bits per heavy atom. The summed E-state index contributed by atoms with van der Waals surface area (Å²) < 4.78 is 0. The highest BCUT2D eigenvalue weighted by Crippen LogP contribution is 2.19. The number of fused-ring (bicyclic) bond motifs is 1. The summed E-state index contributed by atoms with van der Waals surface area (Å²) in [5, 5.41) is 9.65. The molecule has 0 heterocycles. The van der Waals surface area contributed by atoms with E-state index in [1.807, 2.05) is 42.5 Å². The van der Waals surface area contributed by atoms with E-state index in [9.17, 15) is 14.4 Å². The zero-order chi connectivity index (χ0) is 18.2. The van der Waals surface area contributed by atoms with Crippen LogP contribution in [0.15, 0.2) is 42.5 Å². The third kappa shape index (κ3) is 5.02. The van der Waals surface area contributed by atoms with Crippen LogP contribution in [-0.2, 0) is 20.8 Å². The quantitative estimate of drug-likeness (QED) is 0.308. The number of nitrogens with two attached hydrogens (primary N) is 1. The Bertz CT molecular complexity index is 756. The van der Waals surface area contributed by atoms with E-state index in [0.29, 0.717) is 12.8 Å². The van der Waals surface area contributed by atoms with Crippen LogP contribution >= 0.6 is 0 Å².